The Morgan fingerprint density at radius 2 is 2.09 bits per heavy atom. The van der Waals surface area contributed by atoms with Crippen LogP contribution in [-0.2, 0) is 15.7 Å². The highest BCUT2D eigenvalue weighted by Crippen LogP contribution is 2.29. The van der Waals surface area contributed by atoms with Gasteiger partial charge in [0, 0.05) is 13.2 Å². The normalized spacial score (nSPS) is 18.5. The van der Waals surface area contributed by atoms with Crippen molar-refractivity contribution in [2.45, 2.75) is 25.1 Å². The monoisotopic (exact) mass is 324 g/mol. The second-order valence-electron chi connectivity index (χ2n) is 5.13. The van der Waals surface area contributed by atoms with E-state index < -0.39 is 17.6 Å². The van der Waals surface area contributed by atoms with Crippen LogP contribution < -0.4 is 5.32 Å². The van der Waals surface area contributed by atoms with E-state index in [1.807, 2.05) is 0 Å². The van der Waals surface area contributed by atoms with Crippen LogP contribution in [0.25, 0.3) is 6.08 Å². The van der Waals surface area contributed by atoms with Crippen molar-refractivity contribution >= 4 is 12.0 Å². The minimum absolute atomic E-state index is 0.0510. The molecule has 7 heteroatoms. The lowest BCUT2D eigenvalue weighted by Gasteiger charge is -2.10. The highest BCUT2D eigenvalue weighted by atomic mass is 19.4. The molecule has 1 atom stereocenters. The molecule has 1 aromatic rings. The van der Waals surface area contributed by atoms with Crippen LogP contribution in [-0.4, -0.2) is 25.2 Å². The topological polar surface area (TPSA) is 62.1 Å². The predicted octanol–water partition coefficient (Wildman–Crippen LogP) is 2.91. The highest BCUT2D eigenvalue weighted by Gasteiger charge is 2.29. The van der Waals surface area contributed by atoms with E-state index >= 15 is 0 Å². The van der Waals surface area contributed by atoms with Crippen LogP contribution in [0.15, 0.2) is 29.8 Å². The number of benzene rings is 1. The number of amides is 1. The van der Waals surface area contributed by atoms with Gasteiger partial charge in [-0.1, -0.05) is 12.1 Å². The first-order valence-corrected chi connectivity index (χ1v) is 7.09. The molecule has 0 radical (unpaired) electrons. The molecule has 0 bridgehead atoms. The number of halogens is 3. The molecule has 1 aliphatic heterocycles. The molecular formula is C16H15F3N2O2. The van der Waals surface area contributed by atoms with Crippen LogP contribution in [0.2, 0.25) is 0 Å². The summed E-state index contributed by atoms with van der Waals surface area (Å²) in [6.45, 7) is 0.970. The summed E-state index contributed by atoms with van der Waals surface area (Å²) in [7, 11) is 0. The van der Waals surface area contributed by atoms with Gasteiger partial charge in [0.05, 0.1) is 11.7 Å². The van der Waals surface area contributed by atoms with Gasteiger partial charge in [-0.2, -0.15) is 18.4 Å². The molecular weight excluding hydrogens is 309 g/mol. The first-order valence-electron chi connectivity index (χ1n) is 7.09. The fourth-order valence-corrected chi connectivity index (χ4v) is 2.19. The molecule has 1 aliphatic rings. The van der Waals surface area contributed by atoms with Crippen molar-refractivity contribution in [3.8, 4) is 6.07 Å². The van der Waals surface area contributed by atoms with Gasteiger partial charge in [-0.25, -0.2) is 0 Å². The Bertz CT molecular complexity index is 624. The van der Waals surface area contributed by atoms with Gasteiger partial charge in [-0.05, 0) is 36.6 Å². The molecule has 1 amide bonds. The van der Waals surface area contributed by atoms with E-state index in [1.165, 1.54) is 18.2 Å². The summed E-state index contributed by atoms with van der Waals surface area (Å²) >= 11 is 0. The van der Waals surface area contributed by atoms with Crippen molar-refractivity contribution in [3.05, 3.63) is 41.0 Å². The number of carbonyl (C=O) groups excluding carboxylic acids is 1. The van der Waals surface area contributed by atoms with E-state index in [1.54, 1.807) is 6.07 Å². The summed E-state index contributed by atoms with van der Waals surface area (Å²) in [5, 5.41) is 11.6. The van der Waals surface area contributed by atoms with Crippen LogP contribution >= 0.6 is 0 Å². The number of hydrogen-bond donors (Lipinski definition) is 1. The summed E-state index contributed by atoms with van der Waals surface area (Å²) in [6.07, 6.45) is -1.42. The van der Waals surface area contributed by atoms with Gasteiger partial charge >= 0.3 is 6.18 Å². The summed E-state index contributed by atoms with van der Waals surface area (Å²) in [5.41, 5.74) is -0.597. The molecule has 1 saturated heterocycles. The predicted molar refractivity (Wildman–Crippen MR) is 77.0 cm³/mol. The number of nitrogens with one attached hydrogen (secondary N) is 1. The van der Waals surface area contributed by atoms with Gasteiger partial charge in [0.1, 0.15) is 11.6 Å². The number of nitrogens with zero attached hydrogens (tertiary/aromatic N) is 1. The third-order valence-corrected chi connectivity index (χ3v) is 3.43. The van der Waals surface area contributed by atoms with Crippen molar-refractivity contribution in [1.29, 1.82) is 5.26 Å². The lowest BCUT2D eigenvalue weighted by molar-refractivity contribution is -0.137. The van der Waals surface area contributed by atoms with E-state index in [0.717, 1.165) is 25.0 Å². The second kappa shape index (κ2) is 7.29. The zero-order valence-corrected chi connectivity index (χ0v) is 12.2. The van der Waals surface area contributed by atoms with Crippen molar-refractivity contribution in [3.63, 3.8) is 0 Å². The lowest BCUT2D eigenvalue weighted by Crippen LogP contribution is -2.32. The number of alkyl halides is 3. The Morgan fingerprint density at radius 3 is 2.61 bits per heavy atom. The van der Waals surface area contributed by atoms with Gasteiger partial charge in [0.25, 0.3) is 5.91 Å². The van der Waals surface area contributed by atoms with Crippen molar-refractivity contribution in [2.75, 3.05) is 13.2 Å². The average molecular weight is 324 g/mol. The number of carbonyl (C=O) groups is 1. The van der Waals surface area contributed by atoms with Gasteiger partial charge in [0.2, 0.25) is 0 Å². The molecule has 122 valence electrons. The SMILES string of the molecule is N#C/C(=C\c1ccc(C(F)(F)F)cc1)C(=O)NCC1CCCO1. The third-order valence-electron chi connectivity index (χ3n) is 3.43. The fourth-order valence-electron chi connectivity index (χ4n) is 2.19. The van der Waals surface area contributed by atoms with Crippen molar-refractivity contribution in [2.24, 2.45) is 0 Å². The molecule has 0 aliphatic carbocycles. The summed E-state index contributed by atoms with van der Waals surface area (Å²) in [4.78, 5) is 11.9. The van der Waals surface area contributed by atoms with Gasteiger partial charge in [-0.15, -0.1) is 0 Å². The van der Waals surface area contributed by atoms with Crippen LogP contribution in [0.5, 0.6) is 0 Å². The van der Waals surface area contributed by atoms with E-state index in [9.17, 15) is 18.0 Å². The third kappa shape index (κ3) is 4.83. The number of nitriles is 1. The van der Waals surface area contributed by atoms with Crippen LogP contribution in [0.1, 0.15) is 24.0 Å². The Balaban J connectivity index is 2.02. The quantitative estimate of drug-likeness (QED) is 0.684. The molecule has 1 fully saturated rings. The minimum Gasteiger partial charge on any atom is -0.376 e. The molecule has 23 heavy (non-hydrogen) atoms. The fraction of sp³-hybridized carbons (Fsp3) is 0.375. The van der Waals surface area contributed by atoms with Crippen LogP contribution in [0, 0.1) is 11.3 Å². The largest absolute Gasteiger partial charge is 0.416 e. The zero-order chi connectivity index (χ0) is 16.9. The highest BCUT2D eigenvalue weighted by molar-refractivity contribution is 6.01. The molecule has 4 nitrogen and oxygen atoms in total. The molecule has 1 heterocycles. The smallest absolute Gasteiger partial charge is 0.376 e. The standard InChI is InChI=1S/C16H15F3N2O2/c17-16(18,19)13-5-3-11(4-6-13)8-12(9-20)15(22)21-10-14-2-1-7-23-14/h3-6,8,14H,1-2,7,10H2,(H,21,22)/b12-8+. The first-order chi connectivity index (χ1) is 10.9. The van der Waals surface area contributed by atoms with Gasteiger partial charge in [-0.3, -0.25) is 4.79 Å². The summed E-state index contributed by atoms with van der Waals surface area (Å²) < 4.78 is 42.8. The number of rotatable bonds is 4. The lowest BCUT2D eigenvalue weighted by atomic mass is 10.1. The van der Waals surface area contributed by atoms with Crippen LogP contribution in [0.3, 0.4) is 0 Å². The average Bonchev–Trinajstić information content (AvgIpc) is 3.03. The molecule has 1 aromatic carbocycles. The number of ether oxygens (including phenoxy) is 1. The first kappa shape index (κ1) is 17.0. The zero-order valence-electron chi connectivity index (χ0n) is 12.2. The molecule has 0 aromatic heterocycles. The minimum atomic E-state index is -4.42. The Morgan fingerprint density at radius 1 is 1.39 bits per heavy atom. The van der Waals surface area contributed by atoms with Gasteiger partial charge in [0.15, 0.2) is 0 Å². The Kier molecular flexibility index (Phi) is 5.40. The summed E-state index contributed by atoms with van der Waals surface area (Å²) in [6, 6.07) is 6.00. The van der Waals surface area contributed by atoms with Crippen molar-refractivity contribution in [1.82, 2.24) is 5.32 Å². The van der Waals surface area contributed by atoms with E-state index in [0.29, 0.717) is 18.7 Å². The maximum absolute atomic E-state index is 12.5. The second-order valence-corrected chi connectivity index (χ2v) is 5.13. The summed E-state index contributed by atoms with van der Waals surface area (Å²) in [5.74, 6) is -0.567. The van der Waals surface area contributed by atoms with Crippen LogP contribution in [0.4, 0.5) is 13.2 Å². The molecule has 1 N–H and O–H groups in total. The van der Waals surface area contributed by atoms with E-state index in [4.69, 9.17) is 10.00 Å². The molecule has 0 saturated carbocycles. The Hall–Kier alpha value is -2.33. The molecule has 2 rings (SSSR count). The Labute approximate surface area is 131 Å². The maximum Gasteiger partial charge on any atom is 0.416 e. The van der Waals surface area contributed by atoms with Gasteiger partial charge < -0.3 is 10.1 Å². The van der Waals surface area contributed by atoms with E-state index in [-0.39, 0.29) is 11.7 Å². The molecule has 1 unspecified atom stereocenters. The van der Waals surface area contributed by atoms with Crippen molar-refractivity contribution < 1.29 is 22.7 Å². The molecule has 0 spiro atoms. The maximum atomic E-state index is 12.5. The number of hydrogen-bond acceptors (Lipinski definition) is 3. The van der Waals surface area contributed by atoms with E-state index in [2.05, 4.69) is 5.32 Å².